The third kappa shape index (κ3) is 10.0. The number of para-hydroxylation sites is 1. The molecule has 1 aliphatic rings. The van der Waals surface area contributed by atoms with Crippen molar-refractivity contribution in [1.29, 1.82) is 0 Å². The summed E-state index contributed by atoms with van der Waals surface area (Å²) < 4.78 is 9.25. The van der Waals surface area contributed by atoms with Gasteiger partial charge in [-0.2, -0.15) is 6.07 Å². The van der Waals surface area contributed by atoms with E-state index >= 15 is 0 Å². The van der Waals surface area contributed by atoms with E-state index in [0.717, 1.165) is 39.3 Å². The van der Waals surface area contributed by atoms with Crippen molar-refractivity contribution in [3.63, 3.8) is 0 Å². The largest absolute Gasteiger partial charge is 0.509 e. The molecule has 71 heavy (non-hydrogen) atoms. The molecule has 0 unspecified atom stereocenters. The van der Waals surface area contributed by atoms with Crippen molar-refractivity contribution in [2.24, 2.45) is 0 Å². The molecule has 0 N–H and O–H groups in total. The van der Waals surface area contributed by atoms with Gasteiger partial charge in [0.05, 0.1) is 0 Å². The van der Waals surface area contributed by atoms with Crippen molar-refractivity contribution in [3.05, 3.63) is 203 Å². The normalized spacial score (nSPS) is 13.7. The van der Waals surface area contributed by atoms with Gasteiger partial charge in [0.15, 0.2) is 0 Å². The number of anilines is 2. The maximum Gasteiger partial charge on any atom is 0.135 e. The molecule has 370 valence electrons. The summed E-state index contributed by atoms with van der Waals surface area (Å²) in [5.41, 5.74) is 14.7. The molecule has 1 aliphatic heterocycles. The fourth-order valence-electron chi connectivity index (χ4n) is 9.99. The summed E-state index contributed by atoms with van der Waals surface area (Å²) in [6, 6.07) is 53.8. The molecule has 9 rings (SSSR count). The second-order valence-corrected chi connectivity index (χ2v) is 23.6. The molecule has 5 nitrogen and oxygen atoms in total. The second-order valence-electron chi connectivity index (χ2n) is 23.6. The van der Waals surface area contributed by atoms with Gasteiger partial charge in [-0.15, -0.1) is 48.3 Å². The Labute approximate surface area is 439 Å². The predicted octanol–water partition coefficient (Wildman–Crippen LogP) is 17.5. The molecule has 0 aliphatic carbocycles. The Morgan fingerprint density at radius 2 is 1.21 bits per heavy atom. The zero-order valence-electron chi connectivity index (χ0n) is 44.5. The van der Waals surface area contributed by atoms with Crippen molar-refractivity contribution in [3.8, 4) is 17.3 Å². The van der Waals surface area contributed by atoms with Crippen LogP contribution < -0.4 is 14.5 Å². The molecule has 3 heterocycles. The van der Waals surface area contributed by atoms with Gasteiger partial charge in [-0.25, -0.2) is 4.98 Å². The van der Waals surface area contributed by atoms with Crippen molar-refractivity contribution in [1.82, 2.24) is 9.55 Å². The number of hydrogen-bond donors (Lipinski definition) is 0. The van der Waals surface area contributed by atoms with Crippen LogP contribution in [0.3, 0.4) is 0 Å². The maximum absolute atomic E-state index is 6.99. The molecule has 0 fully saturated rings. The van der Waals surface area contributed by atoms with Crippen molar-refractivity contribution in [2.45, 2.75) is 137 Å². The summed E-state index contributed by atoms with van der Waals surface area (Å²) in [6.45, 7) is 36.6. The third-order valence-electron chi connectivity index (χ3n) is 14.2. The number of hydrogen-bond acceptors (Lipinski definition) is 4. The fourth-order valence-corrected chi connectivity index (χ4v) is 9.99. The first-order chi connectivity index (χ1) is 33.0. The molecular formula is C65H71N4OPt-3. The number of aromatic nitrogens is 2. The van der Waals surface area contributed by atoms with Crippen LogP contribution in [0.5, 0.6) is 11.5 Å². The monoisotopic (exact) mass is 1120 g/mol. The van der Waals surface area contributed by atoms with Gasteiger partial charge in [0.1, 0.15) is 5.82 Å². The van der Waals surface area contributed by atoms with Crippen LogP contribution >= 0.6 is 0 Å². The van der Waals surface area contributed by atoms with Gasteiger partial charge in [0.2, 0.25) is 0 Å². The van der Waals surface area contributed by atoms with E-state index in [0.29, 0.717) is 23.3 Å². The Kier molecular flexibility index (Phi) is 14.0. The van der Waals surface area contributed by atoms with E-state index in [1.54, 1.807) is 0 Å². The molecular weight excluding hydrogens is 1050 g/mol. The van der Waals surface area contributed by atoms with E-state index in [1.807, 2.05) is 12.3 Å². The van der Waals surface area contributed by atoms with Gasteiger partial charge in [-0.1, -0.05) is 188 Å². The summed E-state index contributed by atoms with van der Waals surface area (Å²) in [5.74, 6) is 2.70. The molecule has 0 radical (unpaired) electrons. The summed E-state index contributed by atoms with van der Waals surface area (Å²) >= 11 is 0. The van der Waals surface area contributed by atoms with Crippen LogP contribution in [0.4, 0.5) is 11.4 Å². The van der Waals surface area contributed by atoms with Crippen molar-refractivity contribution in [2.75, 3.05) is 9.80 Å². The zero-order chi connectivity index (χ0) is 50.1. The molecule has 0 saturated carbocycles. The fraction of sp³-hybridized carbons (Fsp3) is 0.323. The quantitative estimate of drug-likeness (QED) is 0.128. The van der Waals surface area contributed by atoms with Gasteiger partial charge in [0.25, 0.3) is 0 Å². The van der Waals surface area contributed by atoms with Crippen molar-refractivity contribution >= 4 is 38.9 Å². The number of fused-ring (bicyclic) bond motifs is 3. The maximum atomic E-state index is 6.99. The first-order valence-corrected chi connectivity index (χ1v) is 25.2. The first-order valence-electron chi connectivity index (χ1n) is 25.2. The number of nitrogens with zero attached hydrogens (tertiary/aromatic N) is 4. The smallest absolute Gasteiger partial charge is 0.135 e. The topological polar surface area (TPSA) is 33.5 Å². The second kappa shape index (κ2) is 19.3. The van der Waals surface area contributed by atoms with E-state index in [1.165, 1.54) is 49.9 Å². The van der Waals surface area contributed by atoms with E-state index in [4.69, 9.17) is 9.72 Å². The molecule has 0 saturated heterocycles. The molecule has 6 aromatic carbocycles. The molecule has 8 aromatic rings. The van der Waals surface area contributed by atoms with Crippen LogP contribution in [0.15, 0.2) is 140 Å². The average molecular weight is 1120 g/mol. The Bertz CT molecular complexity index is 3240. The molecule has 0 spiro atoms. The molecule has 0 amide bonds. The van der Waals surface area contributed by atoms with Crippen LogP contribution in [0.25, 0.3) is 33.3 Å². The predicted molar refractivity (Wildman–Crippen MR) is 296 cm³/mol. The average Bonchev–Trinajstić information content (AvgIpc) is 3.91. The minimum atomic E-state index is -0.230. The molecule has 6 heteroatoms. The number of benzene rings is 6. The zero-order valence-corrected chi connectivity index (χ0v) is 46.8. The van der Waals surface area contributed by atoms with Gasteiger partial charge in [-0.05, 0) is 103 Å². The SMILES string of the molecule is CC(C)c1cccc(C(C)C)c1C1=CN(c2cc(C(C)(C)C)cc(C(C)(C)c3ccccc3)c2)[CH-]N1c1[c-]c(Oc2[c-]c3c(c(C(C)(C)C)c2)c2ccccc2n3-c2cc(C(C)(C)C)ccn2)ccc1.[Pt]. The van der Waals surface area contributed by atoms with Crippen LogP contribution in [-0.2, 0) is 42.7 Å². The summed E-state index contributed by atoms with van der Waals surface area (Å²) in [4.78, 5) is 9.60. The van der Waals surface area contributed by atoms with Gasteiger partial charge >= 0.3 is 0 Å². The molecule has 0 bridgehead atoms. The van der Waals surface area contributed by atoms with Gasteiger partial charge in [0, 0.05) is 66.6 Å². The number of pyridine rings is 1. The van der Waals surface area contributed by atoms with Crippen LogP contribution in [0, 0.1) is 18.8 Å². The van der Waals surface area contributed by atoms with Gasteiger partial charge < -0.3 is 19.1 Å². The Morgan fingerprint density at radius 1 is 0.577 bits per heavy atom. The number of rotatable bonds is 10. The standard InChI is InChI=1S/C65H71N4O.Pt/c1-42(2)52-28-22-29-53(43(3)4)60(52)58-40-67(49-34-46(63(8,9)10)33-47(35-49)65(14,15)44-23-17-16-18-24-44)41-68(58)48-25-21-26-50(37-48)70-51-38-55(64(11,12)13)61-54-27-19-20-30-56(54)69(57(61)39-51)59-36-45(31-32-66-59)62(5,6)7;/h16-36,38,40-43H,1-15H3;/q-3;. The molecule has 2 aromatic heterocycles. The van der Waals surface area contributed by atoms with Crippen LogP contribution in [0.1, 0.15) is 160 Å². The van der Waals surface area contributed by atoms with E-state index in [2.05, 4.69) is 265 Å². The van der Waals surface area contributed by atoms with E-state index in [-0.39, 0.29) is 42.7 Å². The van der Waals surface area contributed by atoms with Crippen molar-refractivity contribution < 1.29 is 25.8 Å². The Balaban J connectivity index is 0.00000676. The molecule has 0 atom stereocenters. The number of ether oxygens (including phenoxy) is 1. The first kappa shape index (κ1) is 51.5. The Hall–Kier alpha value is -5.90. The third-order valence-corrected chi connectivity index (χ3v) is 14.2. The van der Waals surface area contributed by atoms with Crippen LogP contribution in [-0.4, -0.2) is 9.55 Å². The van der Waals surface area contributed by atoms with E-state index in [9.17, 15) is 0 Å². The summed E-state index contributed by atoms with van der Waals surface area (Å²) in [6.07, 6.45) is 4.25. The minimum absolute atomic E-state index is 0. The minimum Gasteiger partial charge on any atom is -0.509 e. The summed E-state index contributed by atoms with van der Waals surface area (Å²) in [5, 5.41) is 2.33. The van der Waals surface area contributed by atoms with Crippen LogP contribution in [0.2, 0.25) is 0 Å². The Morgan fingerprint density at radius 3 is 1.86 bits per heavy atom. The summed E-state index contributed by atoms with van der Waals surface area (Å²) in [7, 11) is 0. The van der Waals surface area contributed by atoms with E-state index < -0.39 is 0 Å². The van der Waals surface area contributed by atoms with Gasteiger partial charge in [-0.3, -0.25) is 0 Å².